The third kappa shape index (κ3) is 0.407. The van der Waals surface area contributed by atoms with Gasteiger partial charge in [0.15, 0.2) is 0 Å². The molecule has 2 heteroatoms. The summed E-state index contributed by atoms with van der Waals surface area (Å²) in [6, 6.07) is 0. The molecule has 1 rings (SSSR count). The topological polar surface area (TPSA) is 28.7 Å². The van der Waals surface area contributed by atoms with Gasteiger partial charge in [-0.3, -0.25) is 0 Å². The molecule has 1 N–H and O–H groups in total. The van der Waals surface area contributed by atoms with E-state index in [9.17, 15) is 0 Å². The molecule has 1 aromatic heterocycles. The Hall–Kier alpha value is -0.790. The molecule has 6 heavy (non-hydrogen) atoms. The van der Waals surface area contributed by atoms with Crippen LogP contribution in [-0.4, -0.2) is 9.97 Å². The van der Waals surface area contributed by atoms with Crippen molar-refractivity contribution in [1.82, 2.24) is 9.97 Å². The molecular formula is C4H6N2+. The largest absolute Gasteiger partial charge is 1.00 e. The number of imidazole rings is 1. The molecule has 31 valence electrons. The molecule has 1 heterocycles. The maximum absolute atomic E-state index is 3.70. The fraction of sp³-hybridized carbons (Fsp3) is 0. The van der Waals surface area contributed by atoms with Gasteiger partial charge < -0.3 is 4.98 Å². The average molecular weight is 82.1 g/mol. The molecule has 0 atom stereocenters. The molecule has 0 aliphatic rings. The maximum Gasteiger partial charge on any atom is 1.00 e. The number of hydrogen-bond acceptors (Lipinski definition) is 1. The number of nitrogens with one attached hydrogen (secondary N) is 1. The molecule has 0 saturated carbocycles. The number of aromatic amines is 1. The quantitative estimate of drug-likeness (QED) is 0.490. The highest BCUT2D eigenvalue weighted by Gasteiger charge is 1.73. The predicted octanol–water partition coefficient (Wildman–Crippen LogP) is 0.704. The van der Waals surface area contributed by atoms with E-state index < -0.39 is 0 Å². The Kier molecular flexibility index (Phi) is 0.638. The van der Waals surface area contributed by atoms with Gasteiger partial charge in [-0.05, 0) is 6.92 Å². The van der Waals surface area contributed by atoms with Gasteiger partial charge in [0, 0.05) is 11.9 Å². The lowest BCUT2D eigenvalue weighted by Gasteiger charge is -1.67. The highest BCUT2D eigenvalue weighted by atomic mass is 14.8. The lowest BCUT2D eigenvalue weighted by Crippen LogP contribution is -1.59. The smallest absolute Gasteiger partial charge is 0.348 e. The van der Waals surface area contributed by atoms with E-state index in [0.29, 0.717) is 0 Å². The molecule has 1 aromatic rings. The standard InChI is InChI=1S/C4H5N2/c1-4-2-5-3-6-4/h2-3H,1H2,(H,5,6)/p+1. The molecule has 0 bridgehead atoms. The first kappa shape index (κ1) is 3.40. The van der Waals surface area contributed by atoms with E-state index in [1.165, 1.54) is 0 Å². The second-order valence-corrected chi connectivity index (χ2v) is 1.08. The van der Waals surface area contributed by atoms with E-state index in [1.54, 1.807) is 12.5 Å². The van der Waals surface area contributed by atoms with Crippen LogP contribution in [0.5, 0.6) is 0 Å². The summed E-state index contributed by atoms with van der Waals surface area (Å²) in [5, 5.41) is 0. The van der Waals surface area contributed by atoms with Crippen molar-refractivity contribution in [2.24, 2.45) is 0 Å². The summed E-state index contributed by atoms with van der Waals surface area (Å²) < 4.78 is 0. The summed E-state index contributed by atoms with van der Waals surface area (Å²) >= 11 is 0. The van der Waals surface area contributed by atoms with Crippen molar-refractivity contribution in [2.75, 3.05) is 0 Å². The first-order valence-corrected chi connectivity index (χ1v) is 1.70. The van der Waals surface area contributed by atoms with Crippen molar-refractivity contribution in [2.45, 2.75) is 0 Å². The molecule has 0 aliphatic heterocycles. The van der Waals surface area contributed by atoms with Gasteiger partial charge in [-0.2, -0.15) is 0 Å². The molecule has 0 spiro atoms. The first-order valence-electron chi connectivity index (χ1n) is 1.70. The first-order chi connectivity index (χ1) is 2.89. The van der Waals surface area contributed by atoms with Crippen LogP contribution in [0.3, 0.4) is 0 Å². The molecule has 0 amide bonds. The van der Waals surface area contributed by atoms with Crippen LogP contribution >= 0.6 is 0 Å². The van der Waals surface area contributed by atoms with Crippen molar-refractivity contribution in [3.63, 3.8) is 0 Å². The molecule has 0 unspecified atom stereocenters. The number of H-pyrrole nitrogens is 1. The maximum atomic E-state index is 3.70. The molecule has 1 radical (unpaired) electrons. The second-order valence-electron chi connectivity index (χ2n) is 1.08. The molecule has 0 saturated heterocycles. The number of rotatable bonds is 0. The third-order valence-electron chi connectivity index (χ3n) is 0.555. The van der Waals surface area contributed by atoms with Crippen molar-refractivity contribution in [3.8, 4) is 0 Å². The lowest BCUT2D eigenvalue weighted by molar-refractivity contribution is 1.30. The Labute approximate surface area is 37.7 Å². The van der Waals surface area contributed by atoms with Gasteiger partial charge in [-0.25, -0.2) is 4.98 Å². The molecular weight excluding hydrogens is 76.1 g/mol. The zero-order valence-corrected chi connectivity index (χ0v) is 3.31. The molecule has 0 aromatic carbocycles. The predicted molar refractivity (Wildman–Crippen MR) is 24.2 cm³/mol. The summed E-state index contributed by atoms with van der Waals surface area (Å²) in [5.74, 6) is 0. The van der Waals surface area contributed by atoms with Gasteiger partial charge in [0.25, 0.3) is 0 Å². The van der Waals surface area contributed by atoms with Crippen molar-refractivity contribution in [1.29, 1.82) is 0 Å². The van der Waals surface area contributed by atoms with Crippen LogP contribution in [0, 0.1) is 6.92 Å². The Morgan fingerprint density at radius 2 is 2.83 bits per heavy atom. The van der Waals surface area contributed by atoms with Crippen LogP contribution < -0.4 is 0 Å². The van der Waals surface area contributed by atoms with Crippen LogP contribution in [-0.2, 0) is 0 Å². The van der Waals surface area contributed by atoms with Gasteiger partial charge in [0.1, 0.15) is 0 Å². The minimum absolute atomic E-state index is 0. The van der Waals surface area contributed by atoms with E-state index in [1.807, 2.05) is 0 Å². The Bertz CT molecular complexity index is 113. The number of nitrogens with zero attached hydrogens (tertiary/aromatic N) is 1. The fourth-order valence-electron chi connectivity index (χ4n) is 0.285. The van der Waals surface area contributed by atoms with E-state index in [-0.39, 0.29) is 1.43 Å². The lowest BCUT2D eigenvalue weighted by atomic mass is 10.6. The van der Waals surface area contributed by atoms with Crippen LogP contribution in [0.1, 0.15) is 7.12 Å². The number of hydrogen-bond donors (Lipinski definition) is 1. The van der Waals surface area contributed by atoms with Gasteiger partial charge >= 0.3 is 1.43 Å². The average Bonchev–Trinajstić information content (AvgIpc) is 1.86. The Morgan fingerprint density at radius 1 is 2.00 bits per heavy atom. The van der Waals surface area contributed by atoms with E-state index in [2.05, 4.69) is 16.9 Å². The normalized spacial score (nSPS) is 8.83. The highest BCUT2D eigenvalue weighted by molar-refractivity contribution is 4.96. The van der Waals surface area contributed by atoms with E-state index >= 15 is 0 Å². The molecule has 0 fully saturated rings. The van der Waals surface area contributed by atoms with Crippen molar-refractivity contribution in [3.05, 3.63) is 25.1 Å². The van der Waals surface area contributed by atoms with Gasteiger partial charge in [0.2, 0.25) is 0 Å². The number of aromatic nitrogens is 2. The Morgan fingerprint density at radius 3 is 3.00 bits per heavy atom. The van der Waals surface area contributed by atoms with Gasteiger partial charge in [0.05, 0.1) is 6.33 Å². The summed E-state index contributed by atoms with van der Waals surface area (Å²) in [6.45, 7) is 3.56. The zero-order valence-electron chi connectivity index (χ0n) is 4.31. The van der Waals surface area contributed by atoms with Crippen molar-refractivity contribution < 1.29 is 1.43 Å². The van der Waals surface area contributed by atoms with Crippen LogP contribution in [0.15, 0.2) is 12.5 Å². The van der Waals surface area contributed by atoms with Gasteiger partial charge in [-0.15, -0.1) is 0 Å². The molecule has 0 aliphatic carbocycles. The monoisotopic (exact) mass is 82.1 g/mol. The van der Waals surface area contributed by atoms with E-state index in [0.717, 1.165) is 5.69 Å². The van der Waals surface area contributed by atoms with Crippen LogP contribution in [0.4, 0.5) is 0 Å². The summed E-state index contributed by atoms with van der Waals surface area (Å²) in [5.41, 5.74) is 0.856. The summed E-state index contributed by atoms with van der Waals surface area (Å²) in [4.78, 5) is 6.48. The molecule has 2 nitrogen and oxygen atoms in total. The summed E-state index contributed by atoms with van der Waals surface area (Å²) in [7, 11) is 0. The zero-order chi connectivity index (χ0) is 4.41. The SMILES string of the molecule is [CH2]c1cnc[nH]1.[H+]. The minimum Gasteiger partial charge on any atom is -0.348 e. The highest BCUT2D eigenvalue weighted by Crippen LogP contribution is 1.81. The second kappa shape index (κ2) is 1.12. The van der Waals surface area contributed by atoms with Gasteiger partial charge in [-0.1, -0.05) is 0 Å². The van der Waals surface area contributed by atoms with E-state index in [4.69, 9.17) is 0 Å². The minimum atomic E-state index is 0. The van der Waals surface area contributed by atoms with Crippen LogP contribution in [0.25, 0.3) is 0 Å². The Balaban J connectivity index is 0.000000360. The fourth-order valence-corrected chi connectivity index (χ4v) is 0.285. The van der Waals surface area contributed by atoms with Crippen LogP contribution in [0.2, 0.25) is 0 Å². The summed E-state index contributed by atoms with van der Waals surface area (Å²) in [6.07, 6.45) is 3.27. The third-order valence-corrected chi connectivity index (χ3v) is 0.555. The van der Waals surface area contributed by atoms with Crippen molar-refractivity contribution >= 4 is 0 Å².